The lowest BCUT2D eigenvalue weighted by Gasteiger charge is -2.09. The zero-order valence-corrected chi connectivity index (χ0v) is 16.3. The molecule has 1 amide bonds. The smallest absolute Gasteiger partial charge is 0.253 e. The normalized spacial score (nSPS) is 12.2. The highest BCUT2D eigenvalue weighted by molar-refractivity contribution is 8.00. The fraction of sp³-hybridized carbons (Fsp3) is 0.368. The van der Waals surface area contributed by atoms with Crippen molar-refractivity contribution in [3.8, 4) is 5.75 Å². The molecule has 0 saturated heterocycles. The Kier molecular flexibility index (Phi) is 7.59. The number of hydrogen-bond acceptors (Lipinski definition) is 6. The Morgan fingerprint density at radius 2 is 1.92 bits per heavy atom. The molecule has 2 rings (SSSR count). The lowest BCUT2D eigenvalue weighted by Crippen LogP contribution is -2.27. The van der Waals surface area contributed by atoms with Gasteiger partial charge in [0.15, 0.2) is 5.16 Å². The van der Waals surface area contributed by atoms with Crippen molar-refractivity contribution in [3.05, 3.63) is 47.3 Å². The van der Waals surface area contributed by atoms with Gasteiger partial charge in [-0.1, -0.05) is 18.7 Å². The topological polar surface area (TPSA) is 76.5 Å². The lowest BCUT2D eigenvalue weighted by molar-refractivity contribution is -0.120. The summed E-state index contributed by atoms with van der Waals surface area (Å²) in [6.45, 7) is 8.38. The number of amides is 1. The van der Waals surface area contributed by atoms with Crippen molar-refractivity contribution in [2.75, 3.05) is 6.61 Å². The van der Waals surface area contributed by atoms with Gasteiger partial charge in [-0.05, 0) is 63.1 Å². The number of rotatable bonds is 8. The maximum Gasteiger partial charge on any atom is 0.253 e. The maximum absolute atomic E-state index is 12.2. The number of aromatic nitrogens is 2. The Morgan fingerprint density at radius 1 is 1.27 bits per heavy atom. The van der Waals surface area contributed by atoms with Gasteiger partial charge in [0.25, 0.3) is 5.91 Å². The number of thioether (sulfide) groups is 1. The molecule has 0 radical (unpaired) electrons. The molecule has 0 spiro atoms. The number of carbonyl (C=O) groups is 1. The molecule has 1 unspecified atom stereocenters. The van der Waals surface area contributed by atoms with Crippen molar-refractivity contribution >= 4 is 23.9 Å². The summed E-state index contributed by atoms with van der Waals surface area (Å²) in [5, 5.41) is 4.26. The molecule has 0 aliphatic carbocycles. The molecule has 26 heavy (non-hydrogen) atoms. The summed E-state index contributed by atoms with van der Waals surface area (Å²) in [7, 11) is 0. The Bertz CT molecular complexity index is 742. The standard InChI is InChI=1S/C19H24N4O2S/c1-5-10-25-17-8-6-16(7-9-17)12-20-23-18(24)15(4)26-19-21-13(2)11-14(3)22-19/h6-9,11-12,15H,5,10H2,1-4H3,(H,23,24)/b20-12+. The Morgan fingerprint density at radius 3 is 2.54 bits per heavy atom. The highest BCUT2D eigenvalue weighted by atomic mass is 32.2. The van der Waals surface area contributed by atoms with Crippen molar-refractivity contribution in [3.63, 3.8) is 0 Å². The van der Waals surface area contributed by atoms with Crippen LogP contribution in [-0.4, -0.2) is 33.9 Å². The van der Waals surface area contributed by atoms with Gasteiger partial charge in [-0.25, -0.2) is 15.4 Å². The quantitative estimate of drug-likeness (QED) is 0.332. The molecule has 0 fully saturated rings. The van der Waals surface area contributed by atoms with E-state index in [9.17, 15) is 4.79 Å². The van der Waals surface area contributed by atoms with Gasteiger partial charge in [0.1, 0.15) is 5.75 Å². The first-order valence-corrected chi connectivity index (χ1v) is 9.40. The minimum absolute atomic E-state index is 0.197. The molecule has 6 nitrogen and oxygen atoms in total. The molecular formula is C19H24N4O2S. The summed E-state index contributed by atoms with van der Waals surface area (Å²) in [6.07, 6.45) is 2.57. The molecule has 1 aromatic heterocycles. The monoisotopic (exact) mass is 372 g/mol. The highest BCUT2D eigenvalue weighted by Crippen LogP contribution is 2.20. The molecule has 0 bridgehead atoms. The van der Waals surface area contributed by atoms with Crippen LogP contribution in [0.5, 0.6) is 5.75 Å². The van der Waals surface area contributed by atoms with E-state index in [4.69, 9.17) is 4.74 Å². The predicted octanol–water partition coefficient (Wildman–Crippen LogP) is 3.51. The zero-order chi connectivity index (χ0) is 18.9. The van der Waals surface area contributed by atoms with E-state index in [1.54, 1.807) is 13.1 Å². The summed E-state index contributed by atoms with van der Waals surface area (Å²) >= 11 is 1.31. The van der Waals surface area contributed by atoms with Crippen molar-refractivity contribution < 1.29 is 9.53 Å². The largest absolute Gasteiger partial charge is 0.494 e. The second-order valence-corrected chi connectivity index (χ2v) is 7.15. The zero-order valence-electron chi connectivity index (χ0n) is 15.5. The van der Waals surface area contributed by atoms with Crippen LogP contribution in [0.4, 0.5) is 0 Å². The van der Waals surface area contributed by atoms with E-state index in [1.807, 2.05) is 44.2 Å². The van der Waals surface area contributed by atoms with Gasteiger partial charge >= 0.3 is 0 Å². The first-order chi connectivity index (χ1) is 12.5. The number of hydrazone groups is 1. The van der Waals surface area contributed by atoms with Crippen LogP contribution in [-0.2, 0) is 4.79 Å². The van der Waals surface area contributed by atoms with Crippen LogP contribution in [0.3, 0.4) is 0 Å². The highest BCUT2D eigenvalue weighted by Gasteiger charge is 2.15. The third kappa shape index (κ3) is 6.48. The van der Waals surface area contributed by atoms with Crippen molar-refractivity contribution in [2.45, 2.75) is 44.5 Å². The molecular weight excluding hydrogens is 348 g/mol. The van der Waals surface area contributed by atoms with Gasteiger partial charge in [0.2, 0.25) is 0 Å². The number of nitrogens with zero attached hydrogens (tertiary/aromatic N) is 3. The van der Waals surface area contributed by atoms with E-state index in [0.29, 0.717) is 11.8 Å². The summed E-state index contributed by atoms with van der Waals surface area (Å²) in [5.74, 6) is 0.628. The Labute approximate surface area is 158 Å². The minimum atomic E-state index is -0.349. The number of hydrogen-bond donors (Lipinski definition) is 1. The fourth-order valence-corrected chi connectivity index (χ4v) is 2.96. The Balaban J connectivity index is 1.85. The van der Waals surface area contributed by atoms with Crippen LogP contribution < -0.4 is 10.2 Å². The van der Waals surface area contributed by atoms with Crippen LogP contribution in [0.15, 0.2) is 40.6 Å². The molecule has 7 heteroatoms. The van der Waals surface area contributed by atoms with Gasteiger partial charge in [-0.2, -0.15) is 5.10 Å². The summed E-state index contributed by atoms with van der Waals surface area (Å²) in [4.78, 5) is 20.8. The van der Waals surface area contributed by atoms with E-state index in [1.165, 1.54) is 11.8 Å². The molecule has 2 aromatic rings. The predicted molar refractivity (Wildman–Crippen MR) is 105 cm³/mol. The second-order valence-electron chi connectivity index (χ2n) is 5.85. The van der Waals surface area contributed by atoms with Crippen LogP contribution >= 0.6 is 11.8 Å². The fourth-order valence-electron chi connectivity index (χ4n) is 2.09. The number of nitrogens with one attached hydrogen (secondary N) is 1. The first kappa shape index (κ1) is 19.9. The van der Waals surface area contributed by atoms with Crippen LogP contribution in [0, 0.1) is 13.8 Å². The van der Waals surface area contributed by atoms with Crippen molar-refractivity contribution in [2.24, 2.45) is 5.10 Å². The number of benzene rings is 1. The van der Waals surface area contributed by atoms with Crippen LogP contribution in [0.25, 0.3) is 0 Å². The molecule has 1 N–H and O–H groups in total. The molecule has 138 valence electrons. The van der Waals surface area contributed by atoms with Gasteiger partial charge in [-0.3, -0.25) is 4.79 Å². The van der Waals surface area contributed by atoms with Crippen LogP contribution in [0.1, 0.15) is 37.2 Å². The van der Waals surface area contributed by atoms with Gasteiger partial charge in [-0.15, -0.1) is 0 Å². The number of carbonyl (C=O) groups excluding carboxylic acids is 1. The maximum atomic E-state index is 12.2. The lowest BCUT2D eigenvalue weighted by atomic mass is 10.2. The average Bonchev–Trinajstić information content (AvgIpc) is 2.60. The van der Waals surface area contributed by atoms with E-state index < -0.39 is 0 Å². The second kappa shape index (κ2) is 9.91. The third-order valence-corrected chi connectivity index (χ3v) is 4.32. The molecule has 0 aliphatic heterocycles. The summed E-state index contributed by atoms with van der Waals surface area (Å²) in [5.41, 5.74) is 5.21. The van der Waals surface area contributed by atoms with E-state index in [-0.39, 0.29) is 11.2 Å². The summed E-state index contributed by atoms with van der Waals surface area (Å²) in [6, 6.07) is 9.45. The van der Waals surface area contributed by atoms with Gasteiger partial charge in [0.05, 0.1) is 18.1 Å². The average molecular weight is 372 g/mol. The number of ether oxygens (including phenoxy) is 1. The van der Waals surface area contributed by atoms with Crippen molar-refractivity contribution in [1.82, 2.24) is 15.4 Å². The van der Waals surface area contributed by atoms with Gasteiger partial charge < -0.3 is 4.74 Å². The van der Waals surface area contributed by atoms with E-state index >= 15 is 0 Å². The van der Waals surface area contributed by atoms with Gasteiger partial charge in [0, 0.05) is 11.4 Å². The molecule has 0 aliphatic rings. The van der Waals surface area contributed by atoms with E-state index in [2.05, 4.69) is 27.4 Å². The SMILES string of the molecule is CCCOc1ccc(/C=N/NC(=O)C(C)Sc2nc(C)cc(C)n2)cc1. The van der Waals surface area contributed by atoms with Crippen LogP contribution in [0.2, 0.25) is 0 Å². The first-order valence-electron chi connectivity index (χ1n) is 8.52. The Hall–Kier alpha value is -2.41. The minimum Gasteiger partial charge on any atom is -0.494 e. The third-order valence-electron chi connectivity index (χ3n) is 3.35. The number of aryl methyl sites for hydroxylation is 2. The molecule has 1 aromatic carbocycles. The molecule has 1 atom stereocenters. The van der Waals surface area contributed by atoms with Crippen molar-refractivity contribution in [1.29, 1.82) is 0 Å². The summed E-state index contributed by atoms with van der Waals surface area (Å²) < 4.78 is 5.53. The molecule has 0 saturated carbocycles. The molecule has 1 heterocycles. The van der Waals surface area contributed by atoms with E-state index in [0.717, 1.165) is 29.1 Å².